The van der Waals surface area contributed by atoms with E-state index in [1.165, 1.54) is 78.2 Å². The third-order valence-corrected chi connectivity index (χ3v) is 9.18. The molecule has 1 unspecified atom stereocenters. The summed E-state index contributed by atoms with van der Waals surface area (Å²) in [6, 6.07) is 11.1. The second-order valence-electron chi connectivity index (χ2n) is 13.6. The van der Waals surface area contributed by atoms with Crippen LogP contribution < -0.4 is 0 Å². The van der Waals surface area contributed by atoms with Crippen molar-refractivity contribution in [1.29, 1.82) is 0 Å². The van der Waals surface area contributed by atoms with Crippen molar-refractivity contribution in [3.63, 3.8) is 0 Å². The molecule has 5 nitrogen and oxygen atoms in total. The molecular formula is C36H54N3O2+. The molecule has 0 radical (unpaired) electrons. The predicted molar refractivity (Wildman–Crippen MR) is 170 cm³/mol. The number of pyridine rings is 1. The number of esters is 1. The number of benzene rings is 1. The minimum atomic E-state index is -0.430. The van der Waals surface area contributed by atoms with Gasteiger partial charge in [0.25, 0.3) is 0 Å². The molecule has 224 valence electrons. The maximum Gasteiger partial charge on any atom is 0.315 e. The summed E-state index contributed by atoms with van der Waals surface area (Å²) < 4.78 is 9.34. The van der Waals surface area contributed by atoms with Crippen molar-refractivity contribution in [3.05, 3.63) is 64.6 Å². The highest BCUT2D eigenvalue weighted by Crippen LogP contribution is 2.35. The topological polar surface area (TPSA) is 44.1 Å². The minimum Gasteiger partial charge on any atom is -0.415 e. The smallest absolute Gasteiger partial charge is 0.315 e. The van der Waals surface area contributed by atoms with Crippen molar-refractivity contribution in [2.45, 2.75) is 118 Å². The molecule has 3 aromatic rings. The van der Waals surface area contributed by atoms with E-state index in [1.807, 2.05) is 13.1 Å². The molecule has 2 aromatic heterocycles. The Hall–Kier alpha value is -2.66. The number of fused-ring (bicyclic) bond motifs is 3. The lowest BCUT2D eigenvalue weighted by Gasteiger charge is -2.38. The lowest BCUT2D eigenvalue weighted by molar-refractivity contribution is -0.940. The number of ether oxygens (including phenoxy) is 1. The number of quaternary nitrogens is 1. The van der Waals surface area contributed by atoms with Crippen molar-refractivity contribution in [2.24, 2.45) is 5.41 Å². The second kappa shape index (κ2) is 14.0. The monoisotopic (exact) mass is 560 g/mol. The Labute approximate surface area is 248 Å². The van der Waals surface area contributed by atoms with E-state index in [4.69, 9.17) is 4.74 Å². The summed E-state index contributed by atoms with van der Waals surface area (Å²) in [7, 11) is 2.25. The summed E-state index contributed by atoms with van der Waals surface area (Å²) in [5.41, 5.74) is 7.38. The van der Waals surface area contributed by atoms with E-state index in [1.54, 1.807) is 0 Å². The molecule has 0 saturated heterocycles. The Morgan fingerprint density at radius 3 is 2.46 bits per heavy atom. The fourth-order valence-electron chi connectivity index (χ4n) is 6.36. The maximum atomic E-state index is 13.2. The van der Waals surface area contributed by atoms with Crippen LogP contribution in [-0.2, 0) is 35.5 Å². The van der Waals surface area contributed by atoms with Crippen molar-refractivity contribution >= 4 is 16.9 Å². The molecule has 0 fully saturated rings. The van der Waals surface area contributed by atoms with Gasteiger partial charge in [-0.2, -0.15) is 0 Å². The van der Waals surface area contributed by atoms with Crippen LogP contribution in [0.1, 0.15) is 107 Å². The van der Waals surface area contributed by atoms with E-state index >= 15 is 0 Å². The average Bonchev–Trinajstić information content (AvgIpc) is 3.24. The summed E-state index contributed by atoms with van der Waals surface area (Å²) in [6.45, 7) is 13.8. The lowest BCUT2D eigenvalue weighted by atomic mass is 9.87. The van der Waals surface area contributed by atoms with E-state index in [2.05, 4.69) is 74.6 Å². The molecular weight excluding hydrogens is 506 g/mol. The Kier molecular flexibility index (Phi) is 10.7. The van der Waals surface area contributed by atoms with Crippen LogP contribution in [-0.4, -0.2) is 40.3 Å². The van der Waals surface area contributed by atoms with Crippen LogP contribution in [0.5, 0.6) is 0 Å². The fourth-order valence-corrected chi connectivity index (χ4v) is 6.36. The Bertz CT molecular complexity index is 1290. The first-order valence-electron chi connectivity index (χ1n) is 16.1. The van der Waals surface area contributed by atoms with Crippen LogP contribution in [0.2, 0.25) is 0 Å². The summed E-state index contributed by atoms with van der Waals surface area (Å²) >= 11 is 0. The first-order valence-corrected chi connectivity index (χ1v) is 16.1. The van der Waals surface area contributed by atoms with Gasteiger partial charge in [0.2, 0.25) is 6.73 Å². The number of unbranched alkanes of at least 4 members (excludes halogenated alkanes) is 7. The normalized spacial score (nSPS) is 17.1. The van der Waals surface area contributed by atoms with Crippen molar-refractivity contribution in [1.82, 2.24) is 9.55 Å². The van der Waals surface area contributed by atoms with Gasteiger partial charge in [-0.3, -0.25) is 14.3 Å². The standard InChI is InChI=1S/C36H54N3O2/c1-7-8-9-10-11-12-13-14-21-36(4,5)35(40)41-27-39(6)23-20-34-32(26-39)31-24-28(2)15-18-33(31)38(34)22-19-30-17-16-29(3)37-25-30/h15-18,24-25H,7-14,19-23,26-27H2,1-6H3/q+1. The zero-order chi connectivity index (χ0) is 29.5. The highest BCUT2D eigenvalue weighted by Gasteiger charge is 2.36. The van der Waals surface area contributed by atoms with Gasteiger partial charge in [-0.05, 0) is 64.3 Å². The van der Waals surface area contributed by atoms with Crippen LogP contribution >= 0.6 is 0 Å². The van der Waals surface area contributed by atoms with Gasteiger partial charge in [0.05, 0.1) is 19.0 Å². The molecule has 3 heterocycles. The van der Waals surface area contributed by atoms with Gasteiger partial charge in [-0.15, -0.1) is 0 Å². The highest BCUT2D eigenvalue weighted by atomic mass is 16.5. The largest absolute Gasteiger partial charge is 0.415 e. The van der Waals surface area contributed by atoms with E-state index < -0.39 is 5.41 Å². The molecule has 1 aliphatic heterocycles. The van der Waals surface area contributed by atoms with E-state index in [-0.39, 0.29) is 5.97 Å². The van der Waals surface area contributed by atoms with Crippen LogP contribution in [0.3, 0.4) is 0 Å². The number of rotatable bonds is 15. The first-order chi connectivity index (χ1) is 19.6. The molecule has 1 aromatic carbocycles. The fraction of sp³-hybridized carbons (Fsp3) is 0.611. The van der Waals surface area contributed by atoms with Crippen molar-refractivity contribution in [3.8, 4) is 0 Å². The van der Waals surface area contributed by atoms with Crippen LogP contribution in [0.25, 0.3) is 10.9 Å². The van der Waals surface area contributed by atoms with E-state index in [9.17, 15) is 4.79 Å². The molecule has 0 bridgehead atoms. The van der Waals surface area contributed by atoms with Gasteiger partial charge in [0.1, 0.15) is 6.54 Å². The molecule has 0 N–H and O–H groups in total. The van der Waals surface area contributed by atoms with Crippen molar-refractivity contribution < 1.29 is 14.0 Å². The van der Waals surface area contributed by atoms with Gasteiger partial charge < -0.3 is 9.30 Å². The molecule has 0 saturated carbocycles. The Morgan fingerprint density at radius 2 is 1.76 bits per heavy atom. The zero-order valence-corrected chi connectivity index (χ0v) is 26.7. The number of carbonyl (C=O) groups excluding carboxylic acids is 1. The number of likely N-dealkylation sites (N-methyl/N-ethyl adjacent to an activating group) is 1. The number of nitrogens with zero attached hydrogens (tertiary/aromatic N) is 3. The quantitative estimate of drug-likeness (QED) is 0.106. The van der Waals surface area contributed by atoms with Gasteiger partial charge in [0, 0.05) is 47.0 Å². The molecule has 5 heteroatoms. The zero-order valence-electron chi connectivity index (χ0n) is 26.7. The Morgan fingerprint density at radius 1 is 1.02 bits per heavy atom. The van der Waals surface area contributed by atoms with E-state index in [0.717, 1.165) is 55.5 Å². The summed E-state index contributed by atoms with van der Waals surface area (Å²) in [4.78, 5) is 17.7. The lowest BCUT2D eigenvalue weighted by Crippen LogP contribution is -2.50. The number of aryl methyl sites for hydroxylation is 4. The minimum absolute atomic E-state index is 0.0458. The molecule has 4 rings (SSSR count). The Balaban J connectivity index is 1.36. The molecule has 0 aliphatic carbocycles. The maximum absolute atomic E-state index is 13.2. The SMILES string of the molecule is CCCCCCCCCCC(C)(C)C(=O)OC[N+]1(C)CCc2c(c3cc(C)ccc3n2CCc2ccc(C)nc2)C1. The average molecular weight is 561 g/mol. The molecule has 1 aliphatic rings. The van der Waals surface area contributed by atoms with Crippen LogP contribution in [0.4, 0.5) is 0 Å². The van der Waals surface area contributed by atoms with Crippen LogP contribution in [0, 0.1) is 19.3 Å². The highest BCUT2D eigenvalue weighted by molar-refractivity contribution is 5.86. The van der Waals surface area contributed by atoms with Crippen LogP contribution in [0.15, 0.2) is 36.5 Å². The molecule has 41 heavy (non-hydrogen) atoms. The first kappa shape index (κ1) is 31.3. The third-order valence-electron chi connectivity index (χ3n) is 9.18. The number of carbonyl (C=O) groups is 1. The van der Waals surface area contributed by atoms with Crippen molar-refractivity contribution in [2.75, 3.05) is 20.3 Å². The summed E-state index contributed by atoms with van der Waals surface area (Å²) in [5, 5.41) is 1.35. The number of aromatic nitrogens is 2. The summed E-state index contributed by atoms with van der Waals surface area (Å²) in [5.74, 6) is -0.0458. The van der Waals surface area contributed by atoms with Gasteiger partial charge >= 0.3 is 5.97 Å². The molecule has 0 spiro atoms. The van der Waals surface area contributed by atoms with Gasteiger partial charge in [-0.25, -0.2) is 0 Å². The predicted octanol–water partition coefficient (Wildman–Crippen LogP) is 8.46. The molecule has 0 amide bonds. The summed E-state index contributed by atoms with van der Waals surface area (Å²) in [6.07, 6.45) is 15.1. The van der Waals surface area contributed by atoms with Gasteiger partial charge in [-0.1, -0.05) is 76.0 Å². The number of hydrogen-bond acceptors (Lipinski definition) is 3. The third kappa shape index (κ3) is 8.22. The second-order valence-corrected chi connectivity index (χ2v) is 13.6. The van der Waals surface area contributed by atoms with E-state index in [0.29, 0.717) is 6.73 Å². The molecule has 1 atom stereocenters. The van der Waals surface area contributed by atoms with Gasteiger partial charge in [0.15, 0.2) is 0 Å². The number of hydrogen-bond donors (Lipinski definition) is 0.